The first kappa shape index (κ1) is 33.0. The first-order valence-corrected chi connectivity index (χ1v) is 15.0. The van der Waals surface area contributed by atoms with Crippen LogP contribution in [0.15, 0.2) is 146 Å². The number of rotatable bonds is 8. The van der Waals surface area contributed by atoms with E-state index in [1.807, 2.05) is 60.7 Å². The van der Waals surface area contributed by atoms with Gasteiger partial charge in [0.05, 0.1) is 5.41 Å². The van der Waals surface area contributed by atoms with Crippen LogP contribution in [0.5, 0.6) is 23.0 Å². The minimum absolute atomic E-state index is 0.0452. The average Bonchev–Trinajstić information content (AvgIpc) is 3.08. The zero-order chi connectivity index (χ0) is 34.8. The van der Waals surface area contributed by atoms with E-state index in [1.165, 1.54) is 24.3 Å². The summed E-state index contributed by atoms with van der Waals surface area (Å²) in [6.07, 6.45) is -9.36. The van der Waals surface area contributed by atoms with Gasteiger partial charge in [-0.2, -0.15) is 26.3 Å². The number of hydrogen-bond acceptors (Lipinski definition) is 4. The number of anilines is 2. The maximum absolute atomic E-state index is 13.8. The van der Waals surface area contributed by atoms with Crippen LogP contribution in [0.4, 0.5) is 37.7 Å². The van der Waals surface area contributed by atoms with Crippen LogP contribution < -0.4 is 20.9 Å². The fourth-order valence-electron chi connectivity index (χ4n) is 5.89. The van der Waals surface area contributed by atoms with E-state index in [0.29, 0.717) is 0 Å². The standard InChI is InChI=1S/C39H28F6N2O2/c40-38(41,42)33-23-29(46)15-21-35(33)48-31-17-11-27(12-18-31)37(25-7-3-1-4-8-25,26-9-5-2-6-10-26)28-13-19-32(20-14-28)49-36-22-16-30(47)24-34(36)39(43,44)45/h1-24H,46-47H2. The summed E-state index contributed by atoms with van der Waals surface area (Å²) in [6, 6.07) is 39.2. The normalized spacial score (nSPS) is 12.0. The lowest BCUT2D eigenvalue weighted by atomic mass is 9.65. The highest BCUT2D eigenvalue weighted by molar-refractivity contribution is 5.61. The van der Waals surface area contributed by atoms with Crippen LogP contribution in [-0.2, 0) is 17.8 Å². The van der Waals surface area contributed by atoms with Crippen LogP contribution in [0.3, 0.4) is 0 Å². The summed E-state index contributed by atoms with van der Waals surface area (Å²) in [5.74, 6) is -0.446. The van der Waals surface area contributed by atoms with Gasteiger partial charge in [0.2, 0.25) is 0 Å². The summed E-state index contributed by atoms with van der Waals surface area (Å²) in [7, 11) is 0. The van der Waals surface area contributed by atoms with Crippen molar-refractivity contribution in [3.05, 3.63) is 179 Å². The van der Waals surface area contributed by atoms with E-state index in [2.05, 4.69) is 0 Å². The minimum atomic E-state index is -4.68. The van der Waals surface area contributed by atoms with E-state index >= 15 is 0 Å². The van der Waals surface area contributed by atoms with Gasteiger partial charge in [-0.25, -0.2) is 0 Å². The van der Waals surface area contributed by atoms with Gasteiger partial charge >= 0.3 is 12.4 Å². The number of halogens is 6. The van der Waals surface area contributed by atoms with Gasteiger partial charge in [-0.3, -0.25) is 0 Å². The molecule has 0 saturated carbocycles. The topological polar surface area (TPSA) is 70.5 Å². The SMILES string of the molecule is Nc1ccc(Oc2ccc(C(c3ccccc3)(c3ccccc3)c3ccc(Oc4ccc(N)cc4C(F)(F)F)cc3)cc2)c(C(F)(F)F)c1. The van der Waals surface area contributed by atoms with Crippen molar-refractivity contribution in [3.8, 4) is 23.0 Å². The Morgan fingerprint density at radius 3 is 1.04 bits per heavy atom. The molecule has 10 heteroatoms. The molecule has 49 heavy (non-hydrogen) atoms. The van der Waals surface area contributed by atoms with E-state index in [4.69, 9.17) is 20.9 Å². The van der Waals surface area contributed by atoms with Gasteiger partial charge in [-0.15, -0.1) is 0 Å². The number of hydrogen-bond donors (Lipinski definition) is 2. The summed E-state index contributed by atoms with van der Waals surface area (Å²) < 4.78 is 93.9. The van der Waals surface area contributed by atoms with Gasteiger partial charge < -0.3 is 20.9 Å². The molecule has 6 rings (SSSR count). The molecule has 0 aliphatic carbocycles. The maximum Gasteiger partial charge on any atom is 0.420 e. The lowest BCUT2D eigenvalue weighted by molar-refractivity contribution is -0.139. The Hall–Kier alpha value is -5.90. The predicted octanol–water partition coefficient (Wildman–Crippen LogP) is 10.9. The lowest BCUT2D eigenvalue weighted by Crippen LogP contribution is -2.30. The Bertz CT molecular complexity index is 1900. The molecule has 0 atom stereocenters. The molecule has 0 saturated heterocycles. The molecule has 0 radical (unpaired) electrons. The van der Waals surface area contributed by atoms with Crippen molar-refractivity contribution >= 4 is 11.4 Å². The van der Waals surface area contributed by atoms with Crippen LogP contribution in [0.1, 0.15) is 33.4 Å². The highest BCUT2D eigenvalue weighted by atomic mass is 19.4. The van der Waals surface area contributed by atoms with E-state index in [1.54, 1.807) is 48.5 Å². The summed E-state index contributed by atoms with van der Waals surface area (Å²) in [4.78, 5) is 0. The Balaban J connectivity index is 1.45. The zero-order valence-electron chi connectivity index (χ0n) is 25.6. The third-order valence-electron chi connectivity index (χ3n) is 8.06. The third-order valence-corrected chi connectivity index (χ3v) is 8.06. The Morgan fingerprint density at radius 2 is 0.714 bits per heavy atom. The van der Waals surface area contributed by atoms with Crippen molar-refractivity contribution in [2.45, 2.75) is 17.8 Å². The second-order valence-corrected chi connectivity index (χ2v) is 11.2. The van der Waals surface area contributed by atoms with E-state index in [0.717, 1.165) is 34.4 Å². The molecule has 0 bridgehead atoms. The molecule has 0 aliphatic heterocycles. The first-order chi connectivity index (χ1) is 23.4. The molecule has 0 heterocycles. The van der Waals surface area contributed by atoms with Crippen LogP contribution in [0.2, 0.25) is 0 Å². The highest BCUT2D eigenvalue weighted by Gasteiger charge is 2.39. The van der Waals surface area contributed by atoms with Gasteiger partial charge in [0, 0.05) is 11.4 Å². The van der Waals surface area contributed by atoms with Crippen molar-refractivity contribution in [1.82, 2.24) is 0 Å². The average molecular weight is 671 g/mol. The van der Waals surface area contributed by atoms with E-state index in [9.17, 15) is 26.3 Å². The molecule has 0 aromatic heterocycles. The van der Waals surface area contributed by atoms with E-state index < -0.39 is 40.4 Å². The van der Waals surface area contributed by atoms with Gasteiger partial charge in [-0.05, 0) is 82.9 Å². The third kappa shape index (κ3) is 6.76. The summed E-state index contributed by atoms with van der Waals surface area (Å²) >= 11 is 0. The zero-order valence-corrected chi connectivity index (χ0v) is 25.6. The summed E-state index contributed by atoms with van der Waals surface area (Å²) in [5, 5.41) is 0. The molecule has 0 fully saturated rings. The first-order valence-electron chi connectivity index (χ1n) is 15.0. The Kier molecular flexibility index (Phi) is 8.73. The molecule has 4 nitrogen and oxygen atoms in total. The Labute approximate surface area is 278 Å². The highest BCUT2D eigenvalue weighted by Crippen LogP contribution is 2.47. The van der Waals surface area contributed by atoms with Crippen molar-refractivity contribution in [2.75, 3.05) is 11.5 Å². The summed E-state index contributed by atoms with van der Waals surface area (Å²) in [5.41, 5.74) is 11.4. The molecule has 0 unspecified atom stereocenters. The quantitative estimate of drug-likeness (QED) is 0.0961. The Morgan fingerprint density at radius 1 is 0.388 bits per heavy atom. The summed E-state index contributed by atoms with van der Waals surface area (Å²) in [6.45, 7) is 0. The smallest absolute Gasteiger partial charge is 0.420 e. The van der Waals surface area contributed by atoms with Crippen LogP contribution in [0.25, 0.3) is 0 Å². The van der Waals surface area contributed by atoms with Gasteiger partial charge in [0.1, 0.15) is 34.1 Å². The fraction of sp³-hybridized carbons (Fsp3) is 0.0769. The molecule has 248 valence electrons. The molecule has 0 aliphatic rings. The minimum Gasteiger partial charge on any atom is -0.457 e. The second-order valence-electron chi connectivity index (χ2n) is 11.2. The molecule has 4 N–H and O–H groups in total. The maximum atomic E-state index is 13.8. The van der Waals surface area contributed by atoms with Crippen molar-refractivity contribution < 1.29 is 35.8 Å². The lowest BCUT2D eigenvalue weighted by Gasteiger charge is -2.37. The number of alkyl halides is 6. The van der Waals surface area contributed by atoms with Crippen LogP contribution in [0, 0.1) is 0 Å². The molecular formula is C39H28F6N2O2. The van der Waals surface area contributed by atoms with Crippen LogP contribution in [-0.4, -0.2) is 0 Å². The van der Waals surface area contributed by atoms with E-state index in [-0.39, 0.29) is 22.9 Å². The number of nitrogens with two attached hydrogens (primary N) is 2. The predicted molar refractivity (Wildman–Crippen MR) is 177 cm³/mol. The van der Waals surface area contributed by atoms with Crippen LogP contribution >= 0.6 is 0 Å². The number of nitrogen functional groups attached to an aromatic ring is 2. The number of ether oxygens (including phenoxy) is 2. The monoisotopic (exact) mass is 670 g/mol. The molecule has 0 amide bonds. The largest absolute Gasteiger partial charge is 0.457 e. The molecule has 0 spiro atoms. The van der Waals surface area contributed by atoms with Gasteiger partial charge in [0.15, 0.2) is 0 Å². The van der Waals surface area contributed by atoms with Crippen molar-refractivity contribution in [1.29, 1.82) is 0 Å². The fourth-order valence-corrected chi connectivity index (χ4v) is 5.89. The molecule has 6 aromatic carbocycles. The van der Waals surface area contributed by atoms with Crippen molar-refractivity contribution in [2.24, 2.45) is 0 Å². The van der Waals surface area contributed by atoms with Gasteiger partial charge in [0.25, 0.3) is 0 Å². The number of benzene rings is 6. The molecular weight excluding hydrogens is 642 g/mol. The van der Waals surface area contributed by atoms with Gasteiger partial charge in [-0.1, -0.05) is 84.9 Å². The second kappa shape index (κ2) is 13.0. The molecule has 6 aromatic rings. The van der Waals surface area contributed by atoms with Crippen molar-refractivity contribution in [3.63, 3.8) is 0 Å².